The molecule has 1 amide bonds. The third-order valence-corrected chi connectivity index (χ3v) is 3.36. The van der Waals surface area contributed by atoms with E-state index < -0.39 is 0 Å². The first-order chi connectivity index (χ1) is 7.66. The minimum absolute atomic E-state index is 0.0858. The Labute approximate surface area is 104 Å². The number of piperidine rings is 1. The summed E-state index contributed by atoms with van der Waals surface area (Å²) in [5.74, 6) is 0.0858. The third kappa shape index (κ3) is 2.62. The number of hydrogen-bond donors (Lipinski definition) is 1. The van der Waals surface area contributed by atoms with Crippen LogP contribution in [0.4, 0.5) is 0 Å². The highest BCUT2D eigenvalue weighted by Crippen LogP contribution is 2.15. The summed E-state index contributed by atoms with van der Waals surface area (Å²) < 4.78 is 0.986. The van der Waals surface area contributed by atoms with Crippen LogP contribution in [0.2, 0.25) is 0 Å². The van der Waals surface area contributed by atoms with Gasteiger partial charge in [0.05, 0.1) is 0 Å². The van der Waals surface area contributed by atoms with Crippen LogP contribution in [0.3, 0.4) is 0 Å². The lowest BCUT2D eigenvalue weighted by atomic mass is 10.1. The minimum atomic E-state index is 0.0858. The second-order valence-corrected chi connectivity index (χ2v) is 5.08. The second-order valence-electron chi connectivity index (χ2n) is 4.16. The average molecular weight is 283 g/mol. The van der Waals surface area contributed by atoms with Crippen molar-refractivity contribution in [1.29, 1.82) is 0 Å². The number of benzene rings is 1. The highest BCUT2D eigenvalue weighted by Gasteiger charge is 2.21. The molecule has 1 aromatic rings. The van der Waals surface area contributed by atoms with Gasteiger partial charge in [0, 0.05) is 29.2 Å². The maximum absolute atomic E-state index is 12.1. The van der Waals surface area contributed by atoms with Gasteiger partial charge >= 0.3 is 0 Å². The molecule has 1 fully saturated rings. The van der Waals surface area contributed by atoms with Crippen molar-refractivity contribution in [3.63, 3.8) is 0 Å². The lowest BCUT2D eigenvalue weighted by molar-refractivity contribution is 0.0709. The van der Waals surface area contributed by atoms with E-state index in [9.17, 15) is 4.79 Å². The standard InChI is InChI=1S/C12H15BrN2O/c13-10-5-3-9(4-6-10)12(16)15-7-1-2-11(14)8-15/h3-6,11H,1-2,7-8,14H2. The normalized spacial score (nSPS) is 20.9. The van der Waals surface area contributed by atoms with Gasteiger partial charge in [-0.15, -0.1) is 0 Å². The molecule has 2 rings (SSSR count). The molecule has 16 heavy (non-hydrogen) atoms. The number of likely N-dealkylation sites (tertiary alicyclic amines) is 1. The molecule has 0 bridgehead atoms. The number of rotatable bonds is 1. The monoisotopic (exact) mass is 282 g/mol. The van der Waals surface area contributed by atoms with E-state index in [-0.39, 0.29) is 11.9 Å². The van der Waals surface area contributed by atoms with Crippen molar-refractivity contribution in [2.24, 2.45) is 5.73 Å². The van der Waals surface area contributed by atoms with Gasteiger partial charge in [-0.2, -0.15) is 0 Å². The summed E-state index contributed by atoms with van der Waals surface area (Å²) in [4.78, 5) is 14.0. The fourth-order valence-corrected chi connectivity index (χ4v) is 2.23. The zero-order valence-electron chi connectivity index (χ0n) is 9.03. The van der Waals surface area contributed by atoms with Gasteiger partial charge in [-0.25, -0.2) is 0 Å². The quantitative estimate of drug-likeness (QED) is 0.857. The summed E-state index contributed by atoms with van der Waals surface area (Å²) in [6.45, 7) is 1.50. The van der Waals surface area contributed by atoms with Crippen LogP contribution in [0.15, 0.2) is 28.7 Å². The van der Waals surface area contributed by atoms with Crippen LogP contribution in [0, 0.1) is 0 Å². The van der Waals surface area contributed by atoms with Gasteiger partial charge in [0.2, 0.25) is 0 Å². The van der Waals surface area contributed by atoms with Crippen molar-refractivity contribution in [1.82, 2.24) is 4.90 Å². The largest absolute Gasteiger partial charge is 0.337 e. The molecule has 0 spiro atoms. The van der Waals surface area contributed by atoms with Crippen LogP contribution in [0.5, 0.6) is 0 Å². The van der Waals surface area contributed by atoms with Gasteiger partial charge in [-0.3, -0.25) is 4.79 Å². The molecule has 1 aliphatic rings. The smallest absolute Gasteiger partial charge is 0.253 e. The van der Waals surface area contributed by atoms with E-state index in [1.165, 1.54) is 0 Å². The van der Waals surface area contributed by atoms with Gasteiger partial charge in [0.1, 0.15) is 0 Å². The maximum Gasteiger partial charge on any atom is 0.253 e. The summed E-state index contributed by atoms with van der Waals surface area (Å²) in [5.41, 5.74) is 6.60. The second kappa shape index (κ2) is 4.97. The highest BCUT2D eigenvalue weighted by atomic mass is 79.9. The van der Waals surface area contributed by atoms with Gasteiger partial charge < -0.3 is 10.6 Å². The molecule has 0 aliphatic carbocycles. The van der Waals surface area contributed by atoms with E-state index in [4.69, 9.17) is 5.73 Å². The van der Waals surface area contributed by atoms with Crippen LogP contribution < -0.4 is 5.73 Å². The molecule has 3 nitrogen and oxygen atoms in total. The highest BCUT2D eigenvalue weighted by molar-refractivity contribution is 9.10. The van der Waals surface area contributed by atoms with Crippen LogP contribution in [0.1, 0.15) is 23.2 Å². The summed E-state index contributed by atoms with van der Waals surface area (Å²) in [5, 5.41) is 0. The van der Waals surface area contributed by atoms with Crippen molar-refractivity contribution >= 4 is 21.8 Å². The van der Waals surface area contributed by atoms with E-state index in [1.807, 2.05) is 29.2 Å². The fourth-order valence-electron chi connectivity index (χ4n) is 1.97. The first kappa shape index (κ1) is 11.6. The zero-order valence-corrected chi connectivity index (χ0v) is 10.6. The molecule has 0 aromatic heterocycles. The van der Waals surface area contributed by atoms with E-state index >= 15 is 0 Å². The Balaban J connectivity index is 2.09. The first-order valence-electron chi connectivity index (χ1n) is 5.47. The number of carbonyl (C=O) groups excluding carboxylic acids is 1. The van der Waals surface area contributed by atoms with E-state index in [1.54, 1.807) is 0 Å². The fraction of sp³-hybridized carbons (Fsp3) is 0.417. The summed E-state index contributed by atoms with van der Waals surface area (Å²) >= 11 is 3.36. The van der Waals surface area contributed by atoms with Crippen molar-refractivity contribution in [3.8, 4) is 0 Å². The van der Waals surface area contributed by atoms with Gasteiger partial charge in [0.15, 0.2) is 0 Å². The molecule has 1 saturated heterocycles. The van der Waals surface area contributed by atoms with Crippen molar-refractivity contribution in [2.45, 2.75) is 18.9 Å². The van der Waals surface area contributed by atoms with E-state index in [0.29, 0.717) is 6.54 Å². The van der Waals surface area contributed by atoms with Gasteiger partial charge in [-0.05, 0) is 37.1 Å². The molecular formula is C12H15BrN2O. The molecule has 1 aromatic carbocycles. The van der Waals surface area contributed by atoms with Crippen molar-refractivity contribution in [3.05, 3.63) is 34.3 Å². The predicted octanol–water partition coefficient (Wildman–Crippen LogP) is 2.01. The molecule has 0 radical (unpaired) electrons. The molecule has 1 heterocycles. The van der Waals surface area contributed by atoms with Crippen LogP contribution in [-0.4, -0.2) is 29.9 Å². The first-order valence-corrected chi connectivity index (χ1v) is 6.26. The Bertz CT molecular complexity index is 377. The Morgan fingerprint density at radius 2 is 2.06 bits per heavy atom. The lowest BCUT2D eigenvalue weighted by Crippen LogP contribution is -2.45. The number of carbonyl (C=O) groups is 1. The van der Waals surface area contributed by atoms with E-state index in [2.05, 4.69) is 15.9 Å². The van der Waals surface area contributed by atoms with Gasteiger partial charge in [-0.1, -0.05) is 15.9 Å². The maximum atomic E-state index is 12.1. The zero-order chi connectivity index (χ0) is 11.5. The van der Waals surface area contributed by atoms with Crippen LogP contribution in [-0.2, 0) is 0 Å². The third-order valence-electron chi connectivity index (χ3n) is 2.84. The van der Waals surface area contributed by atoms with Crippen LogP contribution in [0.25, 0.3) is 0 Å². The Hall–Kier alpha value is -0.870. The number of hydrogen-bond acceptors (Lipinski definition) is 2. The summed E-state index contributed by atoms with van der Waals surface area (Å²) in [6, 6.07) is 7.58. The molecule has 86 valence electrons. The minimum Gasteiger partial charge on any atom is -0.337 e. The van der Waals surface area contributed by atoms with Crippen molar-refractivity contribution in [2.75, 3.05) is 13.1 Å². The number of nitrogens with two attached hydrogens (primary N) is 1. The topological polar surface area (TPSA) is 46.3 Å². The molecule has 4 heteroatoms. The molecular weight excluding hydrogens is 268 g/mol. The van der Waals surface area contributed by atoms with Crippen LogP contribution >= 0.6 is 15.9 Å². The molecule has 1 aliphatic heterocycles. The molecule has 0 saturated carbocycles. The molecule has 1 atom stereocenters. The predicted molar refractivity (Wildman–Crippen MR) is 67.3 cm³/mol. The van der Waals surface area contributed by atoms with Crippen molar-refractivity contribution < 1.29 is 4.79 Å². The Kier molecular flexibility index (Phi) is 3.61. The number of halogens is 1. The summed E-state index contributed by atoms with van der Waals surface area (Å²) in [6.07, 6.45) is 2.02. The van der Waals surface area contributed by atoms with Gasteiger partial charge in [0.25, 0.3) is 5.91 Å². The SMILES string of the molecule is NC1CCCN(C(=O)c2ccc(Br)cc2)C1. The lowest BCUT2D eigenvalue weighted by Gasteiger charge is -2.30. The Morgan fingerprint density at radius 1 is 1.38 bits per heavy atom. The molecule has 2 N–H and O–H groups in total. The Morgan fingerprint density at radius 3 is 2.69 bits per heavy atom. The number of nitrogens with zero attached hydrogens (tertiary/aromatic N) is 1. The van der Waals surface area contributed by atoms with E-state index in [0.717, 1.165) is 29.4 Å². The average Bonchev–Trinajstić information content (AvgIpc) is 2.29. The number of amides is 1. The molecule has 1 unspecified atom stereocenters. The summed E-state index contributed by atoms with van der Waals surface area (Å²) in [7, 11) is 0.